The summed E-state index contributed by atoms with van der Waals surface area (Å²) in [6.07, 6.45) is 19.0. The van der Waals surface area contributed by atoms with Crippen molar-refractivity contribution in [3.63, 3.8) is 0 Å². The zero-order valence-electron chi connectivity index (χ0n) is 41.2. The van der Waals surface area contributed by atoms with E-state index in [1.807, 2.05) is 0 Å². The number of carbonyl (C=O) groups excluding carboxylic acids is 4. The average Bonchev–Trinajstić information content (AvgIpc) is 3.62. The van der Waals surface area contributed by atoms with Crippen LogP contribution in [0, 0.1) is 57.2 Å². The van der Waals surface area contributed by atoms with Crippen LogP contribution in [0.5, 0.6) is 0 Å². The van der Waals surface area contributed by atoms with E-state index >= 15 is 0 Å². The molecule has 17 heteroatoms. The second-order valence-electron chi connectivity index (χ2n) is 21.1. The van der Waals surface area contributed by atoms with Crippen LogP contribution >= 0.6 is 0 Å². The van der Waals surface area contributed by atoms with E-state index in [4.69, 9.17) is 38.5 Å². The molecule has 4 aliphatic carbocycles. The topological polar surface area (TPSA) is 301 Å². The summed E-state index contributed by atoms with van der Waals surface area (Å²) in [5.74, 6) is 2.99. The van der Waals surface area contributed by atoms with Gasteiger partial charge >= 0.3 is 5.97 Å². The molecule has 0 aromatic carbocycles. The van der Waals surface area contributed by atoms with E-state index in [9.17, 15) is 19.2 Å². The molecule has 0 saturated heterocycles. The van der Waals surface area contributed by atoms with Crippen LogP contribution in [0.4, 0.5) is 0 Å². The zero-order chi connectivity index (χ0) is 48.4. The number of nitrogens with two attached hydrogens (primary N) is 4. The van der Waals surface area contributed by atoms with E-state index in [-0.39, 0.29) is 54.3 Å². The molecule has 0 aliphatic heterocycles. The summed E-state index contributed by atoms with van der Waals surface area (Å²) in [6.45, 7) is 14.2. The molecule has 3 fully saturated rings. The molecule has 3 saturated carbocycles. The lowest BCUT2D eigenvalue weighted by Crippen LogP contribution is -2.52. The first-order valence-corrected chi connectivity index (χ1v) is 25.5. The number of esters is 1. The van der Waals surface area contributed by atoms with E-state index in [0.29, 0.717) is 82.5 Å². The zero-order valence-corrected chi connectivity index (χ0v) is 41.2. The van der Waals surface area contributed by atoms with Gasteiger partial charge < -0.3 is 59.6 Å². The highest BCUT2D eigenvalue weighted by Crippen LogP contribution is 2.67. The van der Waals surface area contributed by atoms with Gasteiger partial charge in [-0.2, -0.15) is 0 Å². The highest BCUT2D eigenvalue weighted by Gasteiger charge is 2.59. The van der Waals surface area contributed by atoms with Gasteiger partial charge in [-0.25, -0.2) is 0 Å². The summed E-state index contributed by atoms with van der Waals surface area (Å²) in [7, 11) is 0. The highest BCUT2D eigenvalue weighted by molar-refractivity contribution is 5.89. The van der Waals surface area contributed by atoms with Crippen LogP contribution in [0.25, 0.3) is 0 Å². The molecule has 4 rings (SSSR count). The molecule has 11 atom stereocenters. The minimum atomic E-state index is -0.863. The Balaban J connectivity index is 1.19. The van der Waals surface area contributed by atoms with Crippen molar-refractivity contribution in [3.8, 4) is 0 Å². The van der Waals surface area contributed by atoms with Crippen molar-refractivity contribution in [2.24, 2.45) is 69.3 Å². The van der Waals surface area contributed by atoms with Crippen molar-refractivity contribution in [3.05, 3.63) is 11.6 Å². The quantitative estimate of drug-likeness (QED) is 0.0176. The van der Waals surface area contributed by atoms with Crippen LogP contribution in [-0.2, 0) is 23.9 Å². The summed E-state index contributed by atoms with van der Waals surface area (Å²) >= 11 is 0. The number of nitrogens with one attached hydrogen (secondary N) is 8. The highest BCUT2D eigenvalue weighted by atomic mass is 16.5. The maximum absolute atomic E-state index is 13.4. The van der Waals surface area contributed by atoms with E-state index in [1.165, 1.54) is 50.5 Å². The van der Waals surface area contributed by atoms with Crippen LogP contribution in [0.3, 0.4) is 0 Å². The van der Waals surface area contributed by atoms with Crippen LogP contribution in [-0.4, -0.2) is 99.1 Å². The standard InChI is InChI=1S/C49H90N12O5/c1-31(2)11-8-12-32(3)36-18-19-37-35-17-16-33-29-34(20-22-48(33,4)38(35)21-23-49(36,37)5)66-42(62)30-56-27-28-58-45(65)41(61-44(64)40(51)14-10-26-60-47(54)55)15-6-7-24-57-43(63)39(50)13-9-25-59-46(52)53/h16,31-32,34-41,56H,6-15,17-30,50-51H2,1-5H3,(H,57,63)(H,58,65)(H,61,64)(H4,52,53,59)(H4,54,55,60). The second-order valence-corrected chi connectivity index (χ2v) is 21.1. The number of ether oxygens (including phenoxy) is 1. The number of carbonyl (C=O) groups is 4. The molecule has 0 aromatic rings. The third-order valence-corrected chi connectivity index (χ3v) is 16.0. The molecule has 3 amide bonds. The summed E-state index contributed by atoms with van der Waals surface area (Å²) in [5.41, 5.74) is 24.9. The van der Waals surface area contributed by atoms with Crippen LogP contribution in [0.15, 0.2) is 11.6 Å². The lowest BCUT2D eigenvalue weighted by atomic mass is 9.47. The normalized spacial score (nSPS) is 27.4. The summed E-state index contributed by atoms with van der Waals surface area (Å²) in [6, 6.07) is -2.42. The van der Waals surface area contributed by atoms with Crippen molar-refractivity contribution in [1.29, 1.82) is 10.8 Å². The molecule has 4 aliphatic rings. The van der Waals surface area contributed by atoms with Gasteiger partial charge in [-0.1, -0.05) is 65.5 Å². The molecule has 0 bridgehead atoms. The third kappa shape index (κ3) is 16.1. The lowest BCUT2D eigenvalue weighted by Gasteiger charge is -2.58. The van der Waals surface area contributed by atoms with E-state index in [2.05, 4.69) is 72.6 Å². The molecular weight excluding hydrogens is 837 g/mol. The Morgan fingerprint density at radius 3 is 2.03 bits per heavy atom. The van der Waals surface area contributed by atoms with Gasteiger partial charge in [0.1, 0.15) is 12.1 Å². The van der Waals surface area contributed by atoms with E-state index in [1.54, 1.807) is 0 Å². The van der Waals surface area contributed by atoms with Gasteiger partial charge in [-0.3, -0.25) is 30.0 Å². The minimum Gasteiger partial charge on any atom is -0.461 e. The van der Waals surface area contributed by atoms with Crippen molar-refractivity contribution in [2.75, 3.05) is 39.3 Å². The summed E-state index contributed by atoms with van der Waals surface area (Å²) < 4.78 is 6.04. The first-order valence-electron chi connectivity index (χ1n) is 25.5. The molecule has 11 unspecified atom stereocenters. The van der Waals surface area contributed by atoms with Gasteiger partial charge in [0.05, 0.1) is 18.6 Å². The number of hydrogen-bond donors (Lipinski definition) is 12. The fourth-order valence-electron chi connectivity index (χ4n) is 12.3. The van der Waals surface area contributed by atoms with Gasteiger partial charge in [-0.05, 0) is 136 Å². The Hall–Kier alpha value is -3.96. The Labute approximate surface area is 395 Å². The van der Waals surface area contributed by atoms with Crippen molar-refractivity contribution in [1.82, 2.24) is 31.9 Å². The predicted octanol–water partition coefficient (Wildman–Crippen LogP) is 3.60. The molecule has 17 nitrogen and oxygen atoms in total. The molecule has 0 radical (unpaired) electrons. The number of allylic oxidation sites excluding steroid dienone is 1. The van der Waals surface area contributed by atoms with E-state index < -0.39 is 24.0 Å². The van der Waals surface area contributed by atoms with Crippen molar-refractivity contribution in [2.45, 2.75) is 174 Å². The monoisotopic (exact) mass is 927 g/mol. The average molecular weight is 927 g/mol. The van der Waals surface area contributed by atoms with Gasteiger partial charge in [0.25, 0.3) is 0 Å². The van der Waals surface area contributed by atoms with Crippen LogP contribution in [0.1, 0.15) is 150 Å². The number of guanidine groups is 2. The Morgan fingerprint density at radius 1 is 0.712 bits per heavy atom. The maximum atomic E-state index is 13.4. The first-order chi connectivity index (χ1) is 31.3. The van der Waals surface area contributed by atoms with Crippen LogP contribution < -0.4 is 54.8 Å². The SMILES string of the molecule is CC(C)CCCC(C)C1CCC2C3CC=C4CC(OC(=O)CNCCNC(=O)C(CCCCNC(=O)C(N)CCCNC(=N)N)NC(=O)C(N)CCCNC(=N)N)CCC4(C)C3CCC12C. The predicted molar refractivity (Wildman–Crippen MR) is 262 cm³/mol. The molecule has 0 heterocycles. The number of hydrogen-bond acceptors (Lipinski definition) is 10. The largest absolute Gasteiger partial charge is 0.461 e. The molecule has 66 heavy (non-hydrogen) atoms. The summed E-state index contributed by atoms with van der Waals surface area (Å²) in [4.78, 5) is 51.9. The van der Waals surface area contributed by atoms with Gasteiger partial charge in [0.15, 0.2) is 11.9 Å². The first kappa shape index (κ1) is 54.6. The van der Waals surface area contributed by atoms with E-state index in [0.717, 1.165) is 55.3 Å². The van der Waals surface area contributed by atoms with Gasteiger partial charge in [0, 0.05) is 39.1 Å². The number of rotatable bonds is 28. The lowest BCUT2D eigenvalue weighted by molar-refractivity contribution is -0.150. The third-order valence-electron chi connectivity index (χ3n) is 16.0. The Kier molecular flexibility index (Phi) is 22.0. The fourth-order valence-corrected chi connectivity index (χ4v) is 12.3. The maximum Gasteiger partial charge on any atom is 0.320 e. The molecular formula is C49H90N12O5. The number of unbranched alkanes of at least 4 members (excludes halogenated alkanes) is 1. The van der Waals surface area contributed by atoms with Crippen molar-refractivity contribution < 1.29 is 23.9 Å². The second kappa shape index (κ2) is 26.5. The smallest absolute Gasteiger partial charge is 0.320 e. The van der Waals surface area contributed by atoms with Crippen molar-refractivity contribution >= 4 is 35.6 Å². The Morgan fingerprint density at radius 2 is 1.36 bits per heavy atom. The Bertz CT molecular complexity index is 1640. The van der Waals surface area contributed by atoms with Gasteiger partial charge in [-0.15, -0.1) is 0 Å². The number of amides is 3. The molecule has 0 spiro atoms. The summed E-state index contributed by atoms with van der Waals surface area (Å²) in [5, 5.41) is 31.4. The molecule has 16 N–H and O–H groups in total. The fraction of sp³-hybridized carbons (Fsp3) is 0.837. The molecule has 0 aromatic heterocycles. The minimum absolute atomic E-state index is 0.0306. The molecule has 376 valence electrons. The van der Waals surface area contributed by atoms with Crippen LogP contribution in [0.2, 0.25) is 0 Å². The number of fused-ring (bicyclic) bond motifs is 5. The van der Waals surface area contributed by atoms with Gasteiger partial charge in [0.2, 0.25) is 17.7 Å².